The van der Waals surface area contributed by atoms with E-state index in [-0.39, 0.29) is 0 Å². The smallest absolute Gasteiger partial charge is 0.376 e. The van der Waals surface area contributed by atoms with Gasteiger partial charge in [-0.1, -0.05) is 68.2 Å². The second-order valence-electron chi connectivity index (χ2n) is 8.66. The maximum atomic E-state index is 11.9. The van der Waals surface area contributed by atoms with Crippen LogP contribution in [0.15, 0.2) is 24.8 Å². The van der Waals surface area contributed by atoms with Crippen molar-refractivity contribution in [1.29, 1.82) is 0 Å². The summed E-state index contributed by atoms with van der Waals surface area (Å²) in [6.07, 6.45) is 22.8. The standard InChI is InChI=1S/C23H45NO2P/c1-6-8-9-10-11-12-13-14-15-16-17-18-19-20-21-22-23(7-2,27(25)26)24(3,4)5/h6,11-12H,1,7-10,13-22H2,2-5H3/q+1. The third-order valence-electron chi connectivity index (χ3n) is 5.80. The van der Waals surface area contributed by atoms with E-state index < -0.39 is 13.3 Å². The zero-order chi connectivity index (χ0) is 20.6. The van der Waals surface area contributed by atoms with Crippen LogP contribution in [0.1, 0.15) is 96.8 Å². The van der Waals surface area contributed by atoms with Gasteiger partial charge in [0, 0.05) is 12.8 Å². The molecule has 0 saturated heterocycles. The summed E-state index contributed by atoms with van der Waals surface area (Å²) in [4.78, 5) is 11.9. The Kier molecular flexibility index (Phi) is 15.1. The van der Waals surface area contributed by atoms with E-state index >= 15 is 0 Å². The molecule has 0 bridgehead atoms. The Morgan fingerprint density at radius 2 is 1.33 bits per heavy atom. The fraction of sp³-hybridized carbons (Fsp3) is 0.826. The third-order valence-corrected chi connectivity index (χ3v) is 7.62. The summed E-state index contributed by atoms with van der Waals surface area (Å²) in [6, 6.07) is 0. The van der Waals surface area contributed by atoms with Gasteiger partial charge in [0.2, 0.25) is 0 Å². The summed E-state index contributed by atoms with van der Waals surface area (Å²) in [6.45, 7) is 5.75. The van der Waals surface area contributed by atoms with Crippen molar-refractivity contribution in [1.82, 2.24) is 0 Å². The van der Waals surface area contributed by atoms with Crippen molar-refractivity contribution in [2.75, 3.05) is 21.1 Å². The molecule has 0 aromatic rings. The van der Waals surface area contributed by atoms with E-state index in [2.05, 4.69) is 18.7 Å². The molecule has 2 atom stereocenters. The molecular formula is C23H45NO2P+. The molecule has 3 nitrogen and oxygen atoms in total. The highest BCUT2D eigenvalue weighted by atomic mass is 31.1. The molecule has 0 radical (unpaired) electrons. The van der Waals surface area contributed by atoms with Crippen molar-refractivity contribution in [3.8, 4) is 0 Å². The van der Waals surface area contributed by atoms with Crippen LogP contribution in [0.5, 0.6) is 0 Å². The van der Waals surface area contributed by atoms with Crippen LogP contribution in [0.25, 0.3) is 0 Å². The quantitative estimate of drug-likeness (QED) is 0.111. The Labute approximate surface area is 170 Å². The summed E-state index contributed by atoms with van der Waals surface area (Å²) in [5.41, 5.74) is 0. The first kappa shape index (κ1) is 26.5. The first-order valence-electron chi connectivity index (χ1n) is 11.0. The Hall–Kier alpha value is -0.500. The lowest BCUT2D eigenvalue weighted by molar-refractivity contribution is -0.910. The Bertz CT molecular complexity index is 429. The van der Waals surface area contributed by atoms with E-state index in [1.165, 1.54) is 57.8 Å². The van der Waals surface area contributed by atoms with Gasteiger partial charge in [0.25, 0.3) is 5.28 Å². The predicted molar refractivity (Wildman–Crippen MR) is 118 cm³/mol. The molecule has 0 fully saturated rings. The van der Waals surface area contributed by atoms with Crippen LogP contribution in [-0.4, -0.2) is 30.9 Å². The number of unbranched alkanes of at least 4 members (excludes halogenated alkanes) is 10. The zero-order valence-electron chi connectivity index (χ0n) is 18.5. The molecule has 0 aliphatic rings. The minimum atomic E-state index is -2.42. The van der Waals surface area contributed by atoms with Crippen LogP contribution in [-0.2, 0) is 4.57 Å². The number of nitrogens with zero attached hydrogens (tertiary/aromatic N) is 1. The van der Waals surface area contributed by atoms with Gasteiger partial charge >= 0.3 is 8.03 Å². The number of rotatable bonds is 18. The van der Waals surface area contributed by atoms with Gasteiger partial charge in [-0.25, -0.2) is 0 Å². The van der Waals surface area contributed by atoms with Crippen molar-refractivity contribution < 1.29 is 13.9 Å². The highest BCUT2D eigenvalue weighted by Crippen LogP contribution is 2.44. The average molecular weight is 399 g/mol. The minimum absolute atomic E-state index is 0.505. The van der Waals surface area contributed by atoms with Gasteiger partial charge < -0.3 is 4.89 Å². The minimum Gasteiger partial charge on any atom is -0.590 e. The molecule has 0 aromatic heterocycles. The number of hydrogen-bond acceptors (Lipinski definition) is 2. The molecule has 0 aliphatic carbocycles. The van der Waals surface area contributed by atoms with E-state index in [0.29, 0.717) is 10.9 Å². The first-order valence-corrected chi connectivity index (χ1v) is 12.2. The second kappa shape index (κ2) is 15.4. The summed E-state index contributed by atoms with van der Waals surface area (Å²) in [5, 5.41) is -0.603. The zero-order valence-corrected chi connectivity index (χ0v) is 19.4. The molecule has 27 heavy (non-hydrogen) atoms. The predicted octanol–water partition coefficient (Wildman–Crippen LogP) is 6.72. The lowest BCUT2D eigenvalue weighted by Crippen LogP contribution is -2.55. The number of allylic oxidation sites excluding steroid dienone is 3. The molecule has 4 heteroatoms. The summed E-state index contributed by atoms with van der Waals surface area (Å²) >= 11 is 0. The van der Waals surface area contributed by atoms with Crippen LogP contribution in [0.4, 0.5) is 0 Å². The van der Waals surface area contributed by atoms with Gasteiger partial charge in [0.05, 0.1) is 21.1 Å². The molecule has 158 valence electrons. The molecule has 2 unspecified atom stereocenters. The lowest BCUT2D eigenvalue weighted by atomic mass is 10.0. The third kappa shape index (κ3) is 11.2. The normalized spacial score (nSPS) is 15.1. The molecular weight excluding hydrogens is 353 g/mol. The molecule has 0 aliphatic heterocycles. The van der Waals surface area contributed by atoms with Gasteiger partial charge in [0.15, 0.2) is 0 Å². The Morgan fingerprint density at radius 3 is 1.78 bits per heavy atom. The van der Waals surface area contributed by atoms with Crippen LogP contribution in [0.3, 0.4) is 0 Å². The first-order chi connectivity index (χ1) is 12.8. The van der Waals surface area contributed by atoms with Crippen LogP contribution >= 0.6 is 8.03 Å². The van der Waals surface area contributed by atoms with E-state index in [9.17, 15) is 9.46 Å². The molecule has 0 aromatic carbocycles. The molecule has 0 rings (SSSR count). The maximum Gasteiger partial charge on any atom is 0.376 e. The van der Waals surface area contributed by atoms with Crippen LogP contribution in [0, 0.1) is 0 Å². The monoisotopic (exact) mass is 398 g/mol. The van der Waals surface area contributed by atoms with E-state index in [4.69, 9.17) is 0 Å². The van der Waals surface area contributed by atoms with Crippen molar-refractivity contribution in [2.45, 2.75) is 102 Å². The van der Waals surface area contributed by atoms with E-state index in [1.807, 2.05) is 34.1 Å². The average Bonchev–Trinajstić information content (AvgIpc) is 2.60. The lowest BCUT2D eigenvalue weighted by Gasteiger charge is -2.39. The van der Waals surface area contributed by atoms with Gasteiger partial charge in [-0.2, -0.15) is 0 Å². The van der Waals surface area contributed by atoms with Gasteiger partial charge in [-0.05, 0) is 38.5 Å². The van der Waals surface area contributed by atoms with E-state index in [0.717, 1.165) is 25.7 Å². The maximum absolute atomic E-state index is 11.9. The fourth-order valence-electron chi connectivity index (χ4n) is 3.80. The highest BCUT2D eigenvalue weighted by molar-refractivity contribution is 7.38. The summed E-state index contributed by atoms with van der Waals surface area (Å²) in [5.74, 6) is 0. The Balaban J connectivity index is 3.69. The van der Waals surface area contributed by atoms with Crippen molar-refractivity contribution >= 4 is 8.03 Å². The van der Waals surface area contributed by atoms with Crippen LogP contribution < -0.4 is 4.89 Å². The Morgan fingerprint density at radius 1 is 0.852 bits per heavy atom. The van der Waals surface area contributed by atoms with Gasteiger partial charge in [-0.15, -0.1) is 6.58 Å². The molecule has 0 saturated carbocycles. The van der Waals surface area contributed by atoms with Crippen molar-refractivity contribution in [2.24, 2.45) is 0 Å². The SMILES string of the molecule is C=CCCCC=CCCCCCCCCCCC(CC)([P+](=O)[O-])[N+](C)(C)C. The summed E-state index contributed by atoms with van der Waals surface area (Å²) in [7, 11) is 3.60. The molecule has 0 amide bonds. The van der Waals surface area contributed by atoms with Gasteiger partial charge in [0.1, 0.15) is 0 Å². The number of hydrogen-bond donors (Lipinski definition) is 0. The van der Waals surface area contributed by atoms with E-state index in [1.54, 1.807) is 0 Å². The topological polar surface area (TPSA) is 40.1 Å². The highest BCUT2D eigenvalue weighted by Gasteiger charge is 2.52. The summed E-state index contributed by atoms with van der Waals surface area (Å²) < 4.78 is 12.4. The second-order valence-corrected chi connectivity index (χ2v) is 10.0. The molecule has 0 heterocycles. The largest absolute Gasteiger partial charge is 0.590 e. The molecule has 0 N–H and O–H groups in total. The molecule has 0 spiro atoms. The number of quaternary nitrogens is 1. The van der Waals surface area contributed by atoms with Crippen molar-refractivity contribution in [3.63, 3.8) is 0 Å². The van der Waals surface area contributed by atoms with Crippen molar-refractivity contribution in [3.05, 3.63) is 24.8 Å². The van der Waals surface area contributed by atoms with Gasteiger partial charge in [-0.3, -0.25) is 4.48 Å². The van der Waals surface area contributed by atoms with Crippen LogP contribution in [0.2, 0.25) is 0 Å². The fourth-order valence-corrected chi connectivity index (χ4v) is 4.89.